The Morgan fingerprint density at radius 3 is 2.80 bits per heavy atom. The molecular formula is C14H26O. The van der Waals surface area contributed by atoms with Crippen LogP contribution in [0, 0.1) is 23.2 Å². The van der Waals surface area contributed by atoms with Gasteiger partial charge in [-0.2, -0.15) is 0 Å². The molecule has 2 bridgehead atoms. The molecule has 0 amide bonds. The molecule has 0 spiro atoms. The number of fused-ring (bicyclic) bond motifs is 2. The predicted molar refractivity (Wildman–Crippen MR) is 63.8 cm³/mol. The monoisotopic (exact) mass is 210 g/mol. The van der Waals surface area contributed by atoms with Crippen molar-refractivity contribution < 1.29 is 4.74 Å². The van der Waals surface area contributed by atoms with Crippen molar-refractivity contribution in [1.29, 1.82) is 0 Å². The lowest BCUT2D eigenvalue weighted by Gasteiger charge is -2.51. The summed E-state index contributed by atoms with van der Waals surface area (Å²) in [6.45, 7) is 8.89. The zero-order chi connectivity index (χ0) is 10.9. The highest BCUT2D eigenvalue weighted by molar-refractivity contribution is 4.95. The van der Waals surface area contributed by atoms with Crippen LogP contribution in [0.4, 0.5) is 0 Å². The fourth-order valence-electron chi connectivity index (χ4n) is 3.86. The Hall–Kier alpha value is -0.0400. The molecule has 0 radical (unpaired) electrons. The molecule has 0 aliphatic heterocycles. The van der Waals surface area contributed by atoms with Gasteiger partial charge in [-0.3, -0.25) is 0 Å². The molecule has 2 saturated carbocycles. The summed E-state index contributed by atoms with van der Waals surface area (Å²) in [6, 6.07) is 0. The van der Waals surface area contributed by atoms with Gasteiger partial charge in [-0.15, -0.1) is 0 Å². The maximum absolute atomic E-state index is 5.74. The molecule has 0 aromatic carbocycles. The number of ether oxygens (including phenoxy) is 1. The number of rotatable bonds is 3. The van der Waals surface area contributed by atoms with Gasteiger partial charge in [0.05, 0.1) is 6.61 Å². The zero-order valence-corrected chi connectivity index (χ0v) is 10.6. The Labute approximate surface area is 94.6 Å². The van der Waals surface area contributed by atoms with Gasteiger partial charge in [-0.05, 0) is 49.4 Å². The largest absolute Gasteiger partial charge is 0.381 e. The Morgan fingerprint density at radius 1 is 1.27 bits per heavy atom. The van der Waals surface area contributed by atoms with E-state index in [0.717, 1.165) is 31.0 Å². The highest BCUT2D eigenvalue weighted by atomic mass is 16.5. The summed E-state index contributed by atoms with van der Waals surface area (Å²) in [7, 11) is 0. The van der Waals surface area contributed by atoms with Gasteiger partial charge in [0.1, 0.15) is 0 Å². The van der Waals surface area contributed by atoms with E-state index < -0.39 is 0 Å². The Morgan fingerprint density at radius 2 is 2.07 bits per heavy atom. The summed E-state index contributed by atoms with van der Waals surface area (Å²) >= 11 is 0. The SMILES string of the molecule is CCOCC1(C)C(C)CC2CCCC1C2. The van der Waals surface area contributed by atoms with Crippen LogP contribution in [0.5, 0.6) is 0 Å². The first-order valence-corrected chi connectivity index (χ1v) is 6.74. The molecule has 0 saturated heterocycles. The second-order valence-electron chi connectivity index (χ2n) is 6.01. The summed E-state index contributed by atoms with van der Waals surface area (Å²) in [5.74, 6) is 2.83. The third-order valence-electron chi connectivity index (χ3n) is 5.15. The van der Waals surface area contributed by atoms with Crippen LogP contribution >= 0.6 is 0 Å². The lowest BCUT2D eigenvalue weighted by molar-refractivity contribution is -0.0700. The standard InChI is InChI=1S/C14H26O/c1-4-15-10-14(3)11(2)8-12-6-5-7-13(14)9-12/h11-13H,4-10H2,1-3H3. The third kappa shape index (κ3) is 2.08. The molecule has 4 unspecified atom stereocenters. The first-order valence-electron chi connectivity index (χ1n) is 6.74. The summed E-state index contributed by atoms with van der Waals surface area (Å²) in [5.41, 5.74) is 0.465. The van der Waals surface area contributed by atoms with Crippen LogP contribution in [0.1, 0.15) is 52.9 Å². The van der Waals surface area contributed by atoms with Crippen LogP contribution in [0.15, 0.2) is 0 Å². The van der Waals surface area contributed by atoms with Crippen LogP contribution in [0.2, 0.25) is 0 Å². The van der Waals surface area contributed by atoms with Crippen LogP contribution in [0.25, 0.3) is 0 Å². The van der Waals surface area contributed by atoms with Gasteiger partial charge in [0.25, 0.3) is 0 Å². The van der Waals surface area contributed by atoms with E-state index in [1.54, 1.807) is 0 Å². The molecule has 2 rings (SSSR count). The van der Waals surface area contributed by atoms with Crippen molar-refractivity contribution in [3.63, 3.8) is 0 Å². The highest BCUT2D eigenvalue weighted by Gasteiger charge is 2.46. The molecule has 2 aliphatic carbocycles. The number of hydrogen-bond donors (Lipinski definition) is 0. The molecular weight excluding hydrogens is 184 g/mol. The van der Waals surface area contributed by atoms with E-state index in [1.807, 2.05) is 0 Å². The van der Waals surface area contributed by atoms with Gasteiger partial charge in [0.2, 0.25) is 0 Å². The number of hydrogen-bond acceptors (Lipinski definition) is 1. The Kier molecular flexibility index (Phi) is 3.39. The van der Waals surface area contributed by atoms with Gasteiger partial charge in [-0.25, -0.2) is 0 Å². The molecule has 0 N–H and O–H groups in total. The Balaban J connectivity index is 2.06. The molecule has 2 fully saturated rings. The quantitative estimate of drug-likeness (QED) is 0.687. The topological polar surface area (TPSA) is 9.23 Å². The highest BCUT2D eigenvalue weighted by Crippen LogP contribution is 2.53. The maximum Gasteiger partial charge on any atom is 0.0524 e. The van der Waals surface area contributed by atoms with Gasteiger partial charge in [-0.1, -0.05) is 26.7 Å². The normalized spacial score (nSPS) is 45.4. The molecule has 0 aromatic heterocycles. The minimum atomic E-state index is 0.465. The van der Waals surface area contributed by atoms with Gasteiger partial charge in [0, 0.05) is 6.61 Å². The average Bonchev–Trinajstić information content (AvgIpc) is 2.24. The second-order valence-corrected chi connectivity index (χ2v) is 6.01. The van der Waals surface area contributed by atoms with E-state index in [0.29, 0.717) is 5.41 Å². The van der Waals surface area contributed by atoms with Crippen molar-refractivity contribution in [3.05, 3.63) is 0 Å². The van der Waals surface area contributed by atoms with E-state index >= 15 is 0 Å². The lowest BCUT2D eigenvalue weighted by Crippen LogP contribution is -2.45. The first-order chi connectivity index (χ1) is 7.16. The van der Waals surface area contributed by atoms with E-state index in [4.69, 9.17) is 4.74 Å². The molecule has 4 atom stereocenters. The summed E-state index contributed by atoms with van der Waals surface area (Å²) in [5, 5.41) is 0. The van der Waals surface area contributed by atoms with Crippen LogP contribution < -0.4 is 0 Å². The Bertz CT molecular complexity index is 211. The summed E-state index contributed by atoms with van der Waals surface area (Å²) < 4.78 is 5.74. The van der Waals surface area contributed by atoms with Crippen molar-refractivity contribution in [1.82, 2.24) is 0 Å². The van der Waals surface area contributed by atoms with E-state index in [9.17, 15) is 0 Å². The minimum absolute atomic E-state index is 0.465. The van der Waals surface area contributed by atoms with E-state index in [-0.39, 0.29) is 0 Å². The molecule has 2 aliphatic rings. The molecule has 15 heavy (non-hydrogen) atoms. The summed E-state index contributed by atoms with van der Waals surface area (Å²) in [6.07, 6.45) is 7.33. The third-order valence-corrected chi connectivity index (χ3v) is 5.15. The van der Waals surface area contributed by atoms with E-state index in [1.165, 1.54) is 32.1 Å². The van der Waals surface area contributed by atoms with Crippen LogP contribution in [-0.2, 0) is 4.74 Å². The molecule has 1 nitrogen and oxygen atoms in total. The van der Waals surface area contributed by atoms with Crippen molar-refractivity contribution in [2.75, 3.05) is 13.2 Å². The van der Waals surface area contributed by atoms with Gasteiger partial charge >= 0.3 is 0 Å². The lowest BCUT2D eigenvalue weighted by atomic mass is 9.55. The smallest absolute Gasteiger partial charge is 0.0524 e. The van der Waals surface area contributed by atoms with Crippen molar-refractivity contribution in [3.8, 4) is 0 Å². The zero-order valence-electron chi connectivity index (χ0n) is 10.6. The fraction of sp³-hybridized carbons (Fsp3) is 1.00. The molecule has 1 heteroatoms. The molecule has 88 valence electrons. The first kappa shape index (κ1) is 11.4. The average molecular weight is 210 g/mol. The second kappa shape index (κ2) is 4.45. The maximum atomic E-state index is 5.74. The van der Waals surface area contributed by atoms with Crippen molar-refractivity contribution in [2.24, 2.45) is 23.2 Å². The molecule has 0 heterocycles. The van der Waals surface area contributed by atoms with Crippen molar-refractivity contribution >= 4 is 0 Å². The van der Waals surface area contributed by atoms with Crippen LogP contribution in [0.3, 0.4) is 0 Å². The molecule has 0 aromatic rings. The van der Waals surface area contributed by atoms with Crippen molar-refractivity contribution in [2.45, 2.75) is 52.9 Å². The minimum Gasteiger partial charge on any atom is -0.381 e. The van der Waals surface area contributed by atoms with Gasteiger partial charge in [0.15, 0.2) is 0 Å². The van der Waals surface area contributed by atoms with Crippen LogP contribution in [-0.4, -0.2) is 13.2 Å². The fourth-order valence-corrected chi connectivity index (χ4v) is 3.86. The van der Waals surface area contributed by atoms with E-state index in [2.05, 4.69) is 20.8 Å². The predicted octanol–water partition coefficient (Wildman–Crippen LogP) is 3.88. The summed E-state index contributed by atoms with van der Waals surface area (Å²) in [4.78, 5) is 0. The van der Waals surface area contributed by atoms with Gasteiger partial charge < -0.3 is 4.74 Å².